The van der Waals surface area contributed by atoms with Crippen LogP contribution in [-0.4, -0.2) is 7.11 Å². The Morgan fingerprint density at radius 3 is 2.75 bits per heavy atom. The van der Waals surface area contributed by atoms with E-state index in [1.54, 1.807) is 18.4 Å². The van der Waals surface area contributed by atoms with E-state index in [1.807, 2.05) is 18.2 Å². The summed E-state index contributed by atoms with van der Waals surface area (Å²) < 4.78 is 8.85. The van der Waals surface area contributed by atoms with Gasteiger partial charge < -0.3 is 10.5 Å². The fraction of sp³-hybridized carbons (Fsp3) is 0.0625. The Labute approximate surface area is 119 Å². The van der Waals surface area contributed by atoms with Crippen LogP contribution >= 0.6 is 11.3 Å². The second-order valence-corrected chi connectivity index (χ2v) is 5.82. The summed E-state index contributed by atoms with van der Waals surface area (Å²) in [6.07, 6.45) is 0. The topological polar surface area (TPSA) is 39.4 Å². The fourth-order valence-electron chi connectivity index (χ4n) is 2.59. The molecule has 0 aliphatic heterocycles. The van der Waals surface area contributed by atoms with Crippen molar-refractivity contribution in [2.24, 2.45) is 0 Å². The molecule has 4 aromatic rings. The van der Waals surface area contributed by atoms with Crippen LogP contribution in [0.15, 0.2) is 48.5 Å². The predicted octanol–water partition coefficient (Wildman–Crippen LogP) is 3.38. The van der Waals surface area contributed by atoms with Gasteiger partial charge >= 0.3 is 0 Å². The van der Waals surface area contributed by atoms with Crippen molar-refractivity contribution in [2.45, 2.75) is 0 Å². The van der Waals surface area contributed by atoms with Gasteiger partial charge in [-0.15, -0.1) is 4.40 Å². The highest BCUT2D eigenvalue weighted by Gasteiger charge is 2.18. The van der Waals surface area contributed by atoms with Gasteiger partial charge in [-0.25, -0.2) is 0 Å². The van der Waals surface area contributed by atoms with Gasteiger partial charge in [0.25, 0.3) is 4.83 Å². The summed E-state index contributed by atoms with van der Waals surface area (Å²) in [6, 6.07) is 16.5. The first-order valence-electron chi connectivity index (χ1n) is 6.37. The van der Waals surface area contributed by atoms with Gasteiger partial charge in [-0.3, -0.25) is 0 Å². The van der Waals surface area contributed by atoms with Crippen LogP contribution in [0.25, 0.3) is 25.9 Å². The van der Waals surface area contributed by atoms with Crippen molar-refractivity contribution in [1.29, 1.82) is 0 Å². The van der Waals surface area contributed by atoms with Gasteiger partial charge in [0, 0.05) is 23.2 Å². The zero-order valence-corrected chi connectivity index (χ0v) is 11.8. The maximum atomic E-state index is 5.87. The number of nitrogen functional groups attached to an aromatic ring is 1. The number of ether oxygens (including phenoxy) is 1. The molecule has 0 aliphatic rings. The van der Waals surface area contributed by atoms with Crippen LogP contribution in [0.4, 0.5) is 5.69 Å². The third-order valence-corrected chi connectivity index (χ3v) is 4.63. The second-order valence-electron chi connectivity index (χ2n) is 4.76. The molecule has 20 heavy (non-hydrogen) atoms. The molecule has 0 radical (unpaired) electrons. The van der Waals surface area contributed by atoms with E-state index in [0.29, 0.717) is 0 Å². The number of pyridine rings is 1. The fourth-order valence-corrected chi connectivity index (χ4v) is 3.63. The molecule has 0 unspecified atom stereocenters. The molecule has 0 spiro atoms. The highest BCUT2D eigenvalue weighted by Crippen LogP contribution is 2.27. The smallest absolute Gasteiger partial charge is 0.268 e. The number of thiazole rings is 1. The Hall–Kier alpha value is -2.33. The van der Waals surface area contributed by atoms with E-state index in [4.69, 9.17) is 10.5 Å². The maximum Gasteiger partial charge on any atom is 0.268 e. The van der Waals surface area contributed by atoms with Crippen molar-refractivity contribution >= 4 is 43.0 Å². The van der Waals surface area contributed by atoms with Crippen molar-refractivity contribution in [3.63, 3.8) is 0 Å². The molecule has 0 atom stereocenters. The van der Waals surface area contributed by atoms with Crippen molar-refractivity contribution in [3.05, 3.63) is 48.5 Å². The molecular weight excluding hydrogens is 268 g/mol. The first-order chi connectivity index (χ1) is 9.76. The summed E-state index contributed by atoms with van der Waals surface area (Å²) in [6.45, 7) is 0. The first-order valence-corrected chi connectivity index (χ1v) is 7.18. The second kappa shape index (κ2) is 4.08. The molecule has 98 valence electrons. The zero-order chi connectivity index (χ0) is 13.7. The maximum absolute atomic E-state index is 5.87. The Morgan fingerprint density at radius 1 is 1.00 bits per heavy atom. The van der Waals surface area contributed by atoms with Crippen molar-refractivity contribution in [2.75, 3.05) is 12.8 Å². The highest BCUT2D eigenvalue weighted by atomic mass is 32.1. The summed E-state index contributed by atoms with van der Waals surface area (Å²) in [5.41, 5.74) is 8.99. The molecular formula is C16H13N2OS+. The molecule has 2 aromatic heterocycles. The standard InChI is InChI=1S/C16H13N2OS/c1-19-12-4-6-15-14(9-12)18-13-5-3-11(17)8-10(13)2-7-16(18)20-15/h2-9H,17H2,1H3/q+1. The molecule has 0 aliphatic carbocycles. The lowest BCUT2D eigenvalue weighted by atomic mass is 10.2. The summed E-state index contributed by atoms with van der Waals surface area (Å²) in [5, 5.41) is 1.14. The van der Waals surface area contributed by atoms with E-state index >= 15 is 0 Å². The molecule has 0 fully saturated rings. The number of hydrogen-bond donors (Lipinski definition) is 1. The van der Waals surface area contributed by atoms with Gasteiger partial charge in [-0.1, -0.05) is 11.3 Å². The van der Waals surface area contributed by atoms with Crippen LogP contribution in [0.5, 0.6) is 5.75 Å². The number of rotatable bonds is 1. The van der Waals surface area contributed by atoms with Gasteiger partial charge in [0.2, 0.25) is 11.0 Å². The van der Waals surface area contributed by atoms with E-state index in [9.17, 15) is 0 Å². The molecule has 0 bridgehead atoms. The lowest BCUT2D eigenvalue weighted by Gasteiger charge is -1.98. The Kier molecular flexibility index (Phi) is 2.35. The number of anilines is 1. The normalized spacial score (nSPS) is 11.4. The minimum absolute atomic E-state index is 0.787. The minimum atomic E-state index is 0.787. The summed E-state index contributed by atoms with van der Waals surface area (Å²) in [4.78, 5) is 1.21. The van der Waals surface area contributed by atoms with E-state index < -0.39 is 0 Å². The van der Waals surface area contributed by atoms with Crippen molar-refractivity contribution in [1.82, 2.24) is 0 Å². The van der Waals surface area contributed by atoms with Crippen LogP contribution in [0.2, 0.25) is 0 Å². The van der Waals surface area contributed by atoms with Crippen LogP contribution in [0.1, 0.15) is 0 Å². The van der Waals surface area contributed by atoms with E-state index in [-0.39, 0.29) is 0 Å². The summed E-state index contributed by atoms with van der Waals surface area (Å²) >= 11 is 1.78. The number of aromatic nitrogens is 1. The lowest BCUT2D eigenvalue weighted by Crippen LogP contribution is -2.20. The van der Waals surface area contributed by atoms with Gasteiger partial charge in [-0.2, -0.15) is 0 Å². The SMILES string of the molecule is COc1ccc2sc3ccc4cc(N)ccc4[n+]3c2c1. The van der Waals surface area contributed by atoms with Crippen LogP contribution in [0, 0.1) is 0 Å². The minimum Gasteiger partial charge on any atom is -0.497 e. The quantitative estimate of drug-likeness (QED) is 0.429. The average molecular weight is 281 g/mol. The number of fused-ring (bicyclic) bond motifs is 5. The summed E-state index contributed by atoms with van der Waals surface area (Å²) in [7, 11) is 1.69. The molecule has 4 heteroatoms. The van der Waals surface area contributed by atoms with E-state index in [1.165, 1.54) is 15.0 Å². The number of benzene rings is 2. The average Bonchev–Trinajstić information content (AvgIpc) is 2.84. The molecule has 2 N–H and O–H groups in total. The number of nitrogens with two attached hydrogens (primary N) is 1. The molecule has 2 heterocycles. The Bertz CT molecular complexity index is 959. The van der Waals surface area contributed by atoms with Crippen LogP contribution < -0.4 is 14.9 Å². The predicted molar refractivity (Wildman–Crippen MR) is 83.5 cm³/mol. The Balaban J connectivity index is 2.23. The van der Waals surface area contributed by atoms with Gasteiger partial charge in [0.1, 0.15) is 10.4 Å². The van der Waals surface area contributed by atoms with Crippen molar-refractivity contribution in [3.8, 4) is 5.75 Å². The van der Waals surface area contributed by atoms with E-state index in [2.05, 4.69) is 34.7 Å². The molecule has 0 amide bonds. The largest absolute Gasteiger partial charge is 0.497 e. The number of hydrogen-bond acceptors (Lipinski definition) is 3. The van der Waals surface area contributed by atoms with Crippen molar-refractivity contribution < 1.29 is 9.14 Å². The van der Waals surface area contributed by atoms with Gasteiger partial charge in [-0.05, 0) is 30.3 Å². The zero-order valence-electron chi connectivity index (χ0n) is 11.0. The number of methoxy groups -OCH3 is 1. The monoisotopic (exact) mass is 281 g/mol. The van der Waals surface area contributed by atoms with Crippen LogP contribution in [0.3, 0.4) is 0 Å². The van der Waals surface area contributed by atoms with Gasteiger partial charge in [0.05, 0.1) is 13.2 Å². The first kappa shape index (κ1) is 11.5. The third-order valence-electron chi connectivity index (χ3n) is 3.54. The third kappa shape index (κ3) is 1.55. The Morgan fingerprint density at radius 2 is 1.90 bits per heavy atom. The molecule has 2 aromatic carbocycles. The van der Waals surface area contributed by atoms with Crippen LogP contribution in [-0.2, 0) is 0 Å². The summed E-state index contributed by atoms with van der Waals surface area (Å²) in [5.74, 6) is 0.872. The lowest BCUT2D eigenvalue weighted by molar-refractivity contribution is -0.446. The molecule has 4 rings (SSSR count). The molecule has 3 nitrogen and oxygen atoms in total. The molecule has 0 saturated heterocycles. The van der Waals surface area contributed by atoms with Gasteiger partial charge in [0.15, 0.2) is 0 Å². The number of nitrogens with zero attached hydrogens (tertiary/aromatic N) is 1. The highest BCUT2D eigenvalue weighted by molar-refractivity contribution is 7.23. The van der Waals surface area contributed by atoms with E-state index in [0.717, 1.165) is 22.3 Å². The molecule has 0 saturated carbocycles.